The molecule has 5 heteroatoms. The molecule has 0 aliphatic carbocycles. The molecule has 0 saturated heterocycles. The highest BCUT2D eigenvalue weighted by atomic mass is 16.5. The highest BCUT2D eigenvalue weighted by molar-refractivity contribution is 5.47. The molecule has 1 aromatic carbocycles. The van der Waals surface area contributed by atoms with Crippen molar-refractivity contribution in [3.8, 4) is 5.88 Å². The summed E-state index contributed by atoms with van der Waals surface area (Å²) < 4.78 is 5.47. The third kappa shape index (κ3) is 2.83. The van der Waals surface area contributed by atoms with Crippen LogP contribution in [0.4, 0.5) is 5.82 Å². The Morgan fingerprint density at radius 3 is 2.86 bits per heavy atom. The third-order valence-corrected chi connectivity index (χ3v) is 3.84. The summed E-state index contributed by atoms with van der Waals surface area (Å²) in [6.45, 7) is 3.96. The number of nitrogens with zero attached hydrogens (tertiary/aromatic N) is 3. The number of hydrogen-bond acceptors (Lipinski definition) is 5. The van der Waals surface area contributed by atoms with Crippen molar-refractivity contribution >= 4 is 5.82 Å². The maximum Gasteiger partial charge on any atom is 0.218 e. The van der Waals surface area contributed by atoms with Gasteiger partial charge in [-0.2, -0.15) is 0 Å². The molecule has 0 radical (unpaired) electrons. The largest absolute Gasteiger partial charge is 0.478 e. The SMILES string of the molecule is CCOc1cc(N2Cc3ccccc3CC2CN)ncn1. The van der Waals surface area contributed by atoms with Gasteiger partial charge in [-0.3, -0.25) is 0 Å². The van der Waals surface area contributed by atoms with Gasteiger partial charge in [-0.15, -0.1) is 0 Å². The number of fused-ring (bicyclic) bond motifs is 1. The van der Waals surface area contributed by atoms with Crippen LogP contribution in [0, 0.1) is 0 Å². The predicted molar refractivity (Wildman–Crippen MR) is 82.4 cm³/mol. The molecule has 2 aromatic rings. The van der Waals surface area contributed by atoms with E-state index in [-0.39, 0.29) is 6.04 Å². The van der Waals surface area contributed by atoms with Gasteiger partial charge >= 0.3 is 0 Å². The monoisotopic (exact) mass is 284 g/mol. The average Bonchev–Trinajstić information content (AvgIpc) is 2.54. The van der Waals surface area contributed by atoms with Crippen LogP contribution in [0.2, 0.25) is 0 Å². The van der Waals surface area contributed by atoms with Crippen LogP contribution < -0.4 is 15.4 Å². The molecular weight excluding hydrogens is 264 g/mol. The Labute approximate surface area is 124 Å². The lowest BCUT2D eigenvalue weighted by molar-refractivity contribution is 0.326. The Kier molecular flexibility index (Phi) is 4.01. The van der Waals surface area contributed by atoms with Crippen LogP contribution in [0.25, 0.3) is 0 Å². The molecule has 1 atom stereocenters. The molecule has 1 unspecified atom stereocenters. The highest BCUT2D eigenvalue weighted by Crippen LogP contribution is 2.28. The van der Waals surface area contributed by atoms with Crippen molar-refractivity contribution in [2.24, 2.45) is 5.73 Å². The van der Waals surface area contributed by atoms with Gasteiger partial charge in [0.2, 0.25) is 5.88 Å². The Morgan fingerprint density at radius 2 is 2.10 bits per heavy atom. The van der Waals surface area contributed by atoms with Crippen molar-refractivity contribution in [1.29, 1.82) is 0 Å². The molecule has 110 valence electrons. The second-order valence-corrected chi connectivity index (χ2v) is 5.14. The van der Waals surface area contributed by atoms with Gasteiger partial charge in [-0.05, 0) is 24.5 Å². The van der Waals surface area contributed by atoms with E-state index in [4.69, 9.17) is 10.5 Å². The summed E-state index contributed by atoms with van der Waals surface area (Å²) in [5.74, 6) is 1.48. The van der Waals surface area contributed by atoms with E-state index in [2.05, 4.69) is 39.1 Å². The van der Waals surface area contributed by atoms with E-state index in [1.807, 2.05) is 13.0 Å². The summed E-state index contributed by atoms with van der Waals surface area (Å²) in [4.78, 5) is 10.8. The standard InChI is InChI=1S/C16H20N4O/c1-2-21-16-8-15(18-11-19-16)20-10-13-6-4-3-5-12(13)7-14(20)9-17/h3-6,8,11,14H,2,7,9-10,17H2,1H3. The summed E-state index contributed by atoms with van der Waals surface area (Å²) >= 11 is 0. The Hall–Kier alpha value is -2.14. The maximum absolute atomic E-state index is 5.97. The third-order valence-electron chi connectivity index (χ3n) is 3.84. The number of hydrogen-bond donors (Lipinski definition) is 1. The summed E-state index contributed by atoms with van der Waals surface area (Å²) in [7, 11) is 0. The Bertz CT molecular complexity index is 617. The second-order valence-electron chi connectivity index (χ2n) is 5.14. The fourth-order valence-corrected chi connectivity index (χ4v) is 2.78. The summed E-state index contributed by atoms with van der Waals surface area (Å²) in [5.41, 5.74) is 8.68. The van der Waals surface area contributed by atoms with E-state index in [0.717, 1.165) is 18.8 Å². The molecule has 0 amide bonds. The predicted octanol–water partition coefficient (Wildman–Crippen LogP) is 1.77. The van der Waals surface area contributed by atoms with Crippen LogP contribution >= 0.6 is 0 Å². The maximum atomic E-state index is 5.97. The Morgan fingerprint density at radius 1 is 1.29 bits per heavy atom. The first-order chi connectivity index (χ1) is 10.3. The zero-order valence-corrected chi connectivity index (χ0v) is 12.2. The summed E-state index contributed by atoms with van der Waals surface area (Å²) in [6, 6.07) is 10.6. The average molecular weight is 284 g/mol. The molecule has 1 aliphatic heterocycles. The van der Waals surface area contributed by atoms with E-state index < -0.39 is 0 Å². The molecule has 1 aliphatic rings. The van der Waals surface area contributed by atoms with E-state index >= 15 is 0 Å². The normalized spacial score (nSPS) is 17.4. The highest BCUT2D eigenvalue weighted by Gasteiger charge is 2.26. The van der Waals surface area contributed by atoms with Crippen molar-refractivity contribution in [3.63, 3.8) is 0 Å². The first kappa shape index (κ1) is 13.8. The van der Waals surface area contributed by atoms with Crippen LogP contribution in [0.5, 0.6) is 5.88 Å². The minimum absolute atomic E-state index is 0.254. The van der Waals surface area contributed by atoms with Crippen molar-refractivity contribution in [2.75, 3.05) is 18.1 Å². The van der Waals surface area contributed by atoms with E-state index in [9.17, 15) is 0 Å². The van der Waals surface area contributed by atoms with Gasteiger partial charge < -0.3 is 15.4 Å². The topological polar surface area (TPSA) is 64.3 Å². The minimum Gasteiger partial charge on any atom is -0.478 e. The molecule has 5 nitrogen and oxygen atoms in total. The molecule has 21 heavy (non-hydrogen) atoms. The van der Waals surface area contributed by atoms with Crippen LogP contribution in [-0.2, 0) is 13.0 Å². The number of rotatable bonds is 4. The number of ether oxygens (including phenoxy) is 1. The molecule has 3 rings (SSSR count). The first-order valence-corrected chi connectivity index (χ1v) is 7.30. The second kappa shape index (κ2) is 6.10. The van der Waals surface area contributed by atoms with Gasteiger partial charge in [0.1, 0.15) is 12.1 Å². The molecule has 0 bridgehead atoms. The number of benzene rings is 1. The number of nitrogens with two attached hydrogens (primary N) is 1. The fraction of sp³-hybridized carbons (Fsp3) is 0.375. The lowest BCUT2D eigenvalue weighted by Gasteiger charge is -2.37. The van der Waals surface area contributed by atoms with E-state index in [0.29, 0.717) is 19.0 Å². The lowest BCUT2D eigenvalue weighted by Crippen LogP contribution is -2.45. The Balaban J connectivity index is 1.92. The minimum atomic E-state index is 0.254. The fourth-order valence-electron chi connectivity index (χ4n) is 2.78. The molecule has 0 saturated carbocycles. The van der Waals surface area contributed by atoms with Crippen LogP contribution in [0.1, 0.15) is 18.1 Å². The van der Waals surface area contributed by atoms with E-state index in [1.165, 1.54) is 11.1 Å². The number of anilines is 1. The summed E-state index contributed by atoms with van der Waals surface area (Å²) in [5, 5.41) is 0. The van der Waals surface area contributed by atoms with Gasteiger partial charge in [0.15, 0.2) is 0 Å². The molecular formula is C16H20N4O. The molecule has 1 aromatic heterocycles. The van der Waals surface area contributed by atoms with E-state index in [1.54, 1.807) is 6.33 Å². The zero-order valence-electron chi connectivity index (χ0n) is 12.2. The van der Waals surface area contributed by atoms with Gasteiger partial charge in [0, 0.05) is 25.2 Å². The molecule has 0 spiro atoms. The van der Waals surface area contributed by atoms with Gasteiger partial charge in [0.25, 0.3) is 0 Å². The quantitative estimate of drug-likeness (QED) is 0.927. The zero-order chi connectivity index (χ0) is 14.7. The number of aromatic nitrogens is 2. The lowest BCUT2D eigenvalue weighted by atomic mass is 9.94. The summed E-state index contributed by atoms with van der Waals surface area (Å²) in [6.07, 6.45) is 2.50. The van der Waals surface area contributed by atoms with Gasteiger partial charge in [-0.1, -0.05) is 24.3 Å². The molecule has 2 N–H and O–H groups in total. The van der Waals surface area contributed by atoms with Crippen molar-refractivity contribution in [3.05, 3.63) is 47.8 Å². The van der Waals surface area contributed by atoms with Crippen LogP contribution in [-0.4, -0.2) is 29.2 Å². The van der Waals surface area contributed by atoms with Crippen LogP contribution in [0.3, 0.4) is 0 Å². The smallest absolute Gasteiger partial charge is 0.218 e. The van der Waals surface area contributed by atoms with Crippen LogP contribution in [0.15, 0.2) is 36.7 Å². The first-order valence-electron chi connectivity index (χ1n) is 7.30. The van der Waals surface area contributed by atoms with Crippen molar-refractivity contribution < 1.29 is 4.74 Å². The molecule has 0 fully saturated rings. The van der Waals surface area contributed by atoms with Gasteiger partial charge in [-0.25, -0.2) is 9.97 Å². The van der Waals surface area contributed by atoms with Crippen molar-refractivity contribution in [2.45, 2.75) is 25.9 Å². The van der Waals surface area contributed by atoms with Gasteiger partial charge in [0.05, 0.1) is 6.61 Å². The molecule has 2 heterocycles. The van der Waals surface area contributed by atoms with Crippen molar-refractivity contribution in [1.82, 2.24) is 9.97 Å².